The van der Waals surface area contributed by atoms with Crippen molar-refractivity contribution in [2.75, 3.05) is 13.7 Å². The van der Waals surface area contributed by atoms with E-state index >= 15 is 0 Å². The Balaban J connectivity index is 1.64. The van der Waals surface area contributed by atoms with Crippen LogP contribution < -0.4 is 9.47 Å². The first kappa shape index (κ1) is 24.0. The van der Waals surface area contributed by atoms with Gasteiger partial charge >= 0.3 is 0 Å². The normalized spacial score (nSPS) is 11.1. The third kappa shape index (κ3) is 9.96. The summed E-state index contributed by atoms with van der Waals surface area (Å²) in [4.78, 5) is 4.53. The average Bonchev–Trinajstić information content (AvgIpc) is 2.78. The highest BCUT2D eigenvalue weighted by Gasteiger charge is 2.05. The van der Waals surface area contributed by atoms with Crippen LogP contribution in [0.3, 0.4) is 0 Å². The summed E-state index contributed by atoms with van der Waals surface area (Å²) in [5, 5.41) is 0. The summed E-state index contributed by atoms with van der Waals surface area (Å²) in [5.41, 5.74) is 2.23. The molecule has 0 radical (unpaired) electrons. The molecule has 3 heteroatoms. The summed E-state index contributed by atoms with van der Waals surface area (Å²) >= 11 is 0. The number of hydrogen-bond acceptors (Lipinski definition) is 3. The van der Waals surface area contributed by atoms with Gasteiger partial charge in [0.25, 0.3) is 0 Å². The summed E-state index contributed by atoms with van der Waals surface area (Å²) < 4.78 is 11.5. The van der Waals surface area contributed by atoms with E-state index in [0.29, 0.717) is 6.54 Å². The maximum absolute atomic E-state index is 5.96. The van der Waals surface area contributed by atoms with Crippen LogP contribution in [0.2, 0.25) is 0 Å². The van der Waals surface area contributed by atoms with Crippen LogP contribution >= 0.6 is 0 Å². The van der Waals surface area contributed by atoms with Gasteiger partial charge in [0.1, 0.15) is 0 Å². The molecule has 0 fully saturated rings. The zero-order valence-electron chi connectivity index (χ0n) is 18.9. The molecule has 0 spiro atoms. The van der Waals surface area contributed by atoms with Gasteiger partial charge in [-0.15, -0.1) is 0 Å². The van der Waals surface area contributed by atoms with Gasteiger partial charge in [-0.25, -0.2) is 0 Å². The van der Waals surface area contributed by atoms with E-state index in [1.54, 1.807) is 7.11 Å². The standard InChI is InChI=1S/C27H39NO2/c1-3-4-5-6-7-8-9-10-11-15-20-30-26-19-18-25(21-27(26)29-2)23-28-22-24-16-13-12-14-17-24/h12-14,16-19,21,23H,3-11,15,20,22H2,1-2H3. The summed E-state index contributed by atoms with van der Waals surface area (Å²) in [6.07, 6.45) is 15.2. The lowest BCUT2D eigenvalue weighted by Gasteiger charge is -2.11. The van der Waals surface area contributed by atoms with Crippen LogP contribution in [0, 0.1) is 0 Å². The van der Waals surface area contributed by atoms with Crippen LogP contribution in [0.4, 0.5) is 0 Å². The quantitative estimate of drug-likeness (QED) is 0.211. The third-order valence-corrected chi connectivity index (χ3v) is 5.30. The van der Waals surface area contributed by atoms with Crippen LogP contribution in [0.1, 0.15) is 82.3 Å². The monoisotopic (exact) mass is 409 g/mol. The van der Waals surface area contributed by atoms with Crippen LogP contribution in [0.15, 0.2) is 53.5 Å². The molecule has 0 saturated carbocycles. The maximum Gasteiger partial charge on any atom is 0.161 e. The number of benzene rings is 2. The predicted molar refractivity (Wildman–Crippen MR) is 128 cm³/mol. The van der Waals surface area contributed by atoms with Gasteiger partial charge in [-0.3, -0.25) is 4.99 Å². The fourth-order valence-electron chi connectivity index (χ4n) is 3.50. The molecular formula is C27H39NO2. The van der Waals surface area contributed by atoms with E-state index in [0.717, 1.165) is 30.1 Å². The van der Waals surface area contributed by atoms with E-state index in [-0.39, 0.29) is 0 Å². The predicted octanol–water partition coefficient (Wildman–Crippen LogP) is 7.61. The molecule has 0 saturated heterocycles. The molecule has 0 aromatic heterocycles. The van der Waals surface area contributed by atoms with Crippen molar-refractivity contribution >= 4 is 6.21 Å². The molecule has 3 nitrogen and oxygen atoms in total. The van der Waals surface area contributed by atoms with Gasteiger partial charge in [-0.2, -0.15) is 0 Å². The van der Waals surface area contributed by atoms with Crippen molar-refractivity contribution in [2.24, 2.45) is 4.99 Å². The van der Waals surface area contributed by atoms with Crippen molar-refractivity contribution in [2.45, 2.75) is 77.7 Å². The fraction of sp³-hybridized carbons (Fsp3) is 0.519. The van der Waals surface area contributed by atoms with Crippen molar-refractivity contribution in [3.63, 3.8) is 0 Å². The summed E-state index contributed by atoms with van der Waals surface area (Å²) in [5.74, 6) is 1.58. The number of methoxy groups -OCH3 is 1. The van der Waals surface area contributed by atoms with Crippen LogP contribution in [-0.4, -0.2) is 19.9 Å². The minimum atomic E-state index is 0.681. The van der Waals surface area contributed by atoms with Gasteiger partial charge < -0.3 is 9.47 Å². The summed E-state index contributed by atoms with van der Waals surface area (Å²) in [7, 11) is 1.69. The topological polar surface area (TPSA) is 30.8 Å². The Labute approximate surface area is 183 Å². The van der Waals surface area contributed by atoms with Gasteiger partial charge in [-0.05, 0) is 35.7 Å². The molecule has 0 bridgehead atoms. The van der Waals surface area contributed by atoms with Gasteiger partial charge in [-0.1, -0.05) is 95.0 Å². The van der Waals surface area contributed by atoms with Gasteiger partial charge in [0.2, 0.25) is 0 Å². The number of nitrogens with zero attached hydrogens (tertiary/aromatic N) is 1. The Bertz CT molecular complexity index is 712. The van der Waals surface area contributed by atoms with E-state index in [2.05, 4.69) is 24.0 Å². The van der Waals surface area contributed by atoms with Crippen molar-refractivity contribution in [1.82, 2.24) is 0 Å². The zero-order chi connectivity index (χ0) is 21.3. The lowest BCUT2D eigenvalue weighted by molar-refractivity contribution is 0.284. The molecule has 30 heavy (non-hydrogen) atoms. The van der Waals surface area contributed by atoms with Crippen molar-refractivity contribution in [3.8, 4) is 11.5 Å². The lowest BCUT2D eigenvalue weighted by Crippen LogP contribution is -2.00. The molecule has 2 rings (SSSR count). The summed E-state index contributed by atoms with van der Waals surface area (Å²) in [6.45, 7) is 3.70. The first-order chi connectivity index (χ1) is 14.8. The van der Waals surface area contributed by atoms with Crippen molar-refractivity contribution in [3.05, 3.63) is 59.7 Å². The Kier molecular flexibility index (Phi) is 12.4. The van der Waals surface area contributed by atoms with Crippen LogP contribution in [0.25, 0.3) is 0 Å². The van der Waals surface area contributed by atoms with Gasteiger partial charge in [0.05, 0.1) is 20.3 Å². The molecule has 0 unspecified atom stereocenters. The highest BCUT2D eigenvalue weighted by Crippen LogP contribution is 2.28. The molecular weight excluding hydrogens is 370 g/mol. The second-order valence-corrected chi connectivity index (χ2v) is 7.90. The molecule has 0 heterocycles. The van der Waals surface area contributed by atoms with Crippen molar-refractivity contribution < 1.29 is 9.47 Å². The first-order valence-corrected chi connectivity index (χ1v) is 11.7. The number of unbranched alkanes of at least 4 members (excludes halogenated alkanes) is 9. The molecule has 0 atom stereocenters. The maximum atomic E-state index is 5.96. The Hall–Kier alpha value is -2.29. The average molecular weight is 410 g/mol. The Morgan fingerprint density at radius 2 is 1.43 bits per heavy atom. The van der Waals surface area contributed by atoms with E-state index in [1.165, 1.54) is 63.4 Å². The van der Waals surface area contributed by atoms with E-state index in [4.69, 9.17) is 9.47 Å². The fourth-order valence-corrected chi connectivity index (χ4v) is 3.50. The smallest absolute Gasteiger partial charge is 0.161 e. The first-order valence-electron chi connectivity index (χ1n) is 11.7. The molecule has 0 aliphatic carbocycles. The number of aliphatic imine (C=N–C) groups is 1. The minimum Gasteiger partial charge on any atom is -0.493 e. The van der Waals surface area contributed by atoms with E-state index < -0.39 is 0 Å². The lowest BCUT2D eigenvalue weighted by atomic mass is 10.1. The van der Waals surface area contributed by atoms with Crippen molar-refractivity contribution in [1.29, 1.82) is 0 Å². The summed E-state index contributed by atoms with van der Waals surface area (Å²) in [6, 6.07) is 16.3. The van der Waals surface area contributed by atoms with E-state index in [9.17, 15) is 0 Å². The van der Waals surface area contributed by atoms with Gasteiger partial charge in [0, 0.05) is 6.21 Å². The Morgan fingerprint density at radius 3 is 2.10 bits per heavy atom. The highest BCUT2D eigenvalue weighted by molar-refractivity contribution is 5.80. The molecule has 2 aromatic carbocycles. The van der Waals surface area contributed by atoms with Crippen LogP contribution in [-0.2, 0) is 6.54 Å². The number of rotatable bonds is 16. The molecule has 0 aliphatic heterocycles. The van der Waals surface area contributed by atoms with E-state index in [1.807, 2.05) is 42.6 Å². The minimum absolute atomic E-state index is 0.681. The number of ether oxygens (including phenoxy) is 2. The molecule has 2 aromatic rings. The van der Waals surface area contributed by atoms with Gasteiger partial charge in [0.15, 0.2) is 11.5 Å². The zero-order valence-corrected chi connectivity index (χ0v) is 18.9. The molecule has 164 valence electrons. The highest BCUT2D eigenvalue weighted by atomic mass is 16.5. The molecule has 0 amide bonds. The molecule has 0 N–H and O–H groups in total. The third-order valence-electron chi connectivity index (χ3n) is 5.30. The second kappa shape index (κ2) is 15.5. The molecule has 0 aliphatic rings. The SMILES string of the molecule is CCCCCCCCCCCCOc1ccc(C=NCc2ccccc2)cc1OC. The second-order valence-electron chi connectivity index (χ2n) is 7.90. The number of hydrogen-bond donors (Lipinski definition) is 0. The Morgan fingerprint density at radius 1 is 0.767 bits per heavy atom. The van der Waals surface area contributed by atoms with Crippen LogP contribution in [0.5, 0.6) is 11.5 Å². The largest absolute Gasteiger partial charge is 0.493 e.